The van der Waals surface area contributed by atoms with Gasteiger partial charge in [0.2, 0.25) is 0 Å². The summed E-state index contributed by atoms with van der Waals surface area (Å²) in [5, 5.41) is 18.7. The van der Waals surface area contributed by atoms with Crippen LogP contribution in [0.25, 0.3) is 0 Å². The van der Waals surface area contributed by atoms with E-state index in [1.807, 2.05) is 0 Å². The van der Waals surface area contributed by atoms with Gasteiger partial charge in [0.15, 0.2) is 12.0 Å². The van der Waals surface area contributed by atoms with Gasteiger partial charge in [-0.25, -0.2) is 8.78 Å². The van der Waals surface area contributed by atoms with E-state index in [0.29, 0.717) is 18.4 Å². The van der Waals surface area contributed by atoms with E-state index in [1.54, 1.807) is 13.0 Å². The maximum absolute atomic E-state index is 15.0. The summed E-state index contributed by atoms with van der Waals surface area (Å²) in [7, 11) is 0. The molecule has 1 saturated carbocycles. The predicted octanol–water partition coefficient (Wildman–Crippen LogP) is 3.77. The molecule has 0 aromatic rings. The summed E-state index contributed by atoms with van der Waals surface area (Å²) >= 11 is 12.0. The van der Waals surface area contributed by atoms with Gasteiger partial charge in [-0.05, 0) is 25.3 Å². The summed E-state index contributed by atoms with van der Waals surface area (Å²) in [6.45, 7) is 1.75. The molecule has 4 N–H and O–H groups in total. The van der Waals surface area contributed by atoms with Crippen molar-refractivity contribution in [1.29, 1.82) is 0 Å². The highest BCUT2D eigenvalue weighted by molar-refractivity contribution is 6.32. The third-order valence-corrected chi connectivity index (χ3v) is 6.25. The first-order valence-corrected chi connectivity index (χ1v) is 8.63. The van der Waals surface area contributed by atoms with Gasteiger partial charge < -0.3 is 15.9 Å². The third-order valence-electron chi connectivity index (χ3n) is 5.39. The van der Waals surface area contributed by atoms with Crippen LogP contribution in [0.15, 0.2) is 44.9 Å². The Hall–Kier alpha value is -0.880. The van der Waals surface area contributed by atoms with E-state index in [-0.39, 0.29) is 33.7 Å². The largest absolute Gasteiger partial charge is 0.395 e. The van der Waals surface area contributed by atoms with Gasteiger partial charge in [-0.15, -0.1) is 0 Å². The summed E-state index contributed by atoms with van der Waals surface area (Å²) in [5.74, 6) is -2.10. The van der Waals surface area contributed by atoms with Gasteiger partial charge in [-0.1, -0.05) is 41.8 Å². The fraction of sp³-hybridized carbons (Fsp3) is 0.529. The molecular weight excluding hydrogens is 359 g/mol. The molecule has 0 aromatic carbocycles. The van der Waals surface area contributed by atoms with E-state index in [1.165, 1.54) is 6.08 Å². The van der Waals surface area contributed by atoms with Crippen LogP contribution in [-0.4, -0.2) is 22.2 Å². The first-order chi connectivity index (χ1) is 11.2. The second-order valence-electron chi connectivity index (χ2n) is 6.63. The lowest BCUT2D eigenvalue weighted by molar-refractivity contribution is -0.0109. The van der Waals surface area contributed by atoms with Crippen molar-refractivity contribution < 1.29 is 19.0 Å². The number of hydrogen-bond donors (Lipinski definition) is 3. The summed E-state index contributed by atoms with van der Waals surface area (Å²) < 4.78 is 29.8. The van der Waals surface area contributed by atoms with E-state index in [2.05, 4.69) is 0 Å². The number of rotatable bonds is 2. The van der Waals surface area contributed by atoms with Gasteiger partial charge in [0.1, 0.15) is 5.83 Å². The van der Waals surface area contributed by atoms with Crippen LogP contribution in [-0.2, 0) is 0 Å². The topological polar surface area (TPSA) is 66.5 Å². The van der Waals surface area contributed by atoms with E-state index < -0.39 is 29.6 Å². The number of nitrogens with two attached hydrogens (primary N) is 1. The maximum Gasteiger partial charge on any atom is 0.176 e. The van der Waals surface area contributed by atoms with Gasteiger partial charge in [0, 0.05) is 23.3 Å². The first kappa shape index (κ1) is 17.9. The van der Waals surface area contributed by atoms with Crippen LogP contribution in [0, 0.1) is 17.8 Å². The molecule has 0 saturated heterocycles. The summed E-state index contributed by atoms with van der Waals surface area (Å²) in [4.78, 5) is 0. The second kappa shape index (κ2) is 6.13. The zero-order chi connectivity index (χ0) is 17.8. The molecule has 0 aliphatic heterocycles. The summed E-state index contributed by atoms with van der Waals surface area (Å²) in [6, 6.07) is 0. The van der Waals surface area contributed by atoms with Crippen molar-refractivity contribution in [3.05, 3.63) is 44.9 Å². The zero-order valence-corrected chi connectivity index (χ0v) is 14.6. The Labute approximate surface area is 149 Å². The van der Waals surface area contributed by atoms with Crippen LogP contribution < -0.4 is 5.73 Å². The van der Waals surface area contributed by atoms with E-state index in [0.717, 1.165) is 0 Å². The van der Waals surface area contributed by atoms with Crippen molar-refractivity contribution in [3.8, 4) is 0 Å². The van der Waals surface area contributed by atoms with Crippen LogP contribution in [0.3, 0.4) is 0 Å². The average Bonchev–Trinajstić information content (AvgIpc) is 3.10. The molecule has 4 unspecified atom stereocenters. The number of alkyl halides is 1. The molecule has 0 aromatic heterocycles. The molecule has 3 rings (SSSR count). The molecule has 0 radical (unpaired) electrons. The van der Waals surface area contributed by atoms with Gasteiger partial charge in [-0.2, -0.15) is 0 Å². The van der Waals surface area contributed by atoms with Crippen molar-refractivity contribution >= 4 is 23.2 Å². The molecule has 0 amide bonds. The molecule has 24 heavy (non-hydrogen) atoms. The number of halogens is 4. The van der Waals surface area contributed by atoms with Crippen LogP contribution in [0.5, 0.6) is 0 Å². The first-order valence-electron chi connectivity index (χ1n) is 7.88. The Morgan fingerprint density at radius 2 is 2.00 bits per heavy atom. The minimum Gasteiger partial charge on any atom is -0.395 e. The van der Waals surface area contributed by atoms with Gasteiger partial charge in [0.05, 0.1) is 15.8 Å². The Balaban J connectivity index is 2.02. The highest BCUT2D eigenvalue weighted by Crippen LogP contribution is 2.66. The molecule has 0 spiro atoms. The van der Waals surface area contributed by atoms with Crippen molar-refractivity contribution in [3.63, 3.8) is 0 Å². The summed E-state index contributed by atoms with van der Waals surface area (Å²) in [6.07, 6.45) is 2.52. The lowest BCUT2D eigenvalue weighted by atomic mass is 9.83. The highest BCUT2D eigenvalue weighted by atomic mass is 35.5. The Kier molecular flexibility index (Phi) is 4.58. The van der Waals surface area contributed by atoms with Crippen molar-refractivity contribution in [2.45, 2.75) is 38.1 Å². The molecule has 3 aliphatic carbocycles. The molecule has 7 heteroatoms. The van der Waals surface area contributed by atoms with Crippen molar-refractivity contribution in [1.82, 2.24) is 0 Å². The van der Waals surface area contributed by atoms with Crippen LogP contribution in [0.2, 0.25) is 0 Å². The van der Waals surface area contributed by atoms with Crippen LogP contribution >= 0.6 is 23.2 Å². The predicted molar refractivity (Wildman–Crippen MR) is 89.3 cm³/mol. The summed E-state index contributed by atoms with van der Waals surface area (Å²) in [5.41, 5.74) is 4.60. The molecule has 0 bridgehead atoms. The Bertz CT molecular complexity index is 699. The Morgan fingerprint density at radius 1 is 1.33 bits per heavy atom. The minimum atomic E-state index is -1.78. The average molecular weight is 378 g/mol. The fourth-order valence-corrected chi connectivity index (χ4v) is 4.54. The SMILES string of the molecule is CC1C2C(C3CCCC(C(O)O)=C(Cl)C(N)=C3F)=CC=C(Cl)C12F. The van der Waals surface area contributed by atoms with Gasteiger partial charge >= 0.3 is 0 Å². The quantitative estimate of drug-likeness (QED) is 0.641. The second-order valence-corrected chi connectivity index (χ2v) is 7.42. The smallest absolute Gasteiger partial charge is 0.176 e. The third kappa shape index (κ3) is 2.53. The molecule has 4 atom stereocenters. The number of aliphatic hydroxyl groups is 2. The maximum atomic E-state index is 15.0. The fourth-order valence-electron chi connectivity index (χ4n) is 3.91. The number of fused-ring (bicyclic) bond motifs is 1. The molecule has 132 valence electrons. The van der Waals surface area contributed by atoms with Gasteiger partial charge in [0.25, 0.3) is 0 Å². The molecule has 3 nitrogen and oxygen atoms in total. The van der Waals surface area contributed by atoms with E-state index >= 15 is 0 Å². The standard InChI is InChI=1S/C17H19Cl2F2NO2/c1-7-12-8(5-6-11(18)17(7,12)21)9-3-2-4-10(16(23)24)13(19)15(22)14(9)20/h5-7,9,12,16,23-24H,2-4,22H2,1H3. The molecule has 0 heterocycles. The normalized spacial score (nSPS) is 36.9. The van der Waals surface area contributed by atoms with Gasteiger partial charge in [-0.3, -0.25) is 0 Å². The number of allylic oxidation sites excluding steroid dienone is 6. The lowest BCUT2D eigenvalue weighted by Gasteiger charge is -2.26. The van der Waals surface area contributed by atoms with Crippen molar-refractivity contribution in [2.24, 2.45) is 23.5 Å². The van der Waals surface area contributed by atoms with E-state index in [9.17, 15) is 19.0 Å². The molecule has 1 fully saturated rings. The minimum absolute atomic E-state index is 0.1000. The lowest BCUT2D eigenvalue weighted by Crippen LogP contribution is -2.21. The van der Waals surface area contributed by atoms with Crippen LogP contribution in [0.1, 0.15) is 26.2 Å². The van der Waals surface area contributed by atoms with E-state index in [4.69, 9.17) is 28.9 Å². The Morgan fingerprint density at radius 3 is 2.62 bits per heavy atom. The molecular formula is C17H19Cl2F2NO2. The number of aliphatic hydroxyl groups excluding tert-OH is 1. The monoisotopic (exact) mass is 377 g/mol. The van der Waals surface area contributed by atoms with Crippen LogP contribution in [0.4, 0.5) is 8.78 Å². The number of hydrogen-bond acceptors (Lipinski definition) is 3. The molecule has 3 aliphatic rings. The zero-order valence-electron chi connectivity index (χ0n) is 13.1. The van der Waals surface area contributed by atoms with Crippen molar-refractivity contribution in [2.75, 3.05) is 0 Å². The highest BCUT2D eigenvalue weighted by Gasteiger charge is 2.68.